The summed E-state index contributed by atoms with van der Waals surface area (Å²) in [5.41, 5.74) is 1.07. The summed E-state index contributed by atoms with van der Waals surface area (Å²) in [5.74, 6) is -0.382. The highest BCUT2D eigenvalue weighted by atomic mass is 16.5. The van der Waals surface area contributed by atoms with E-state index in [4.69, 9.17) is 4.74 Å². The van der Waals surface area contributed by atoms with Gasteiger partial charge in [-0.05, 0) is 35.7 Å². The molecule has 110 valence electrons. The van der Waals surface area contributed by atoms with Gasteiger partial charge in [-0.1, -0.05) is 48.9 Å². The number of methoxy groups -OCH3 is 1. The minimum absolute atomic E-state index is 0.147. The predicted molar refractivity (Wildman–Crippen MR) is 84.3 cm³/mol. The molecule has 2 aromatic rings. The van der Waals surface area contributed by atoms with Crippen LogP contribution in [0.1, 0.15) is 30.7 Å². The Hall–Kier alpha value is -1.87. The van der Waals surface area contributed by atoms with Crippen molar-refractivity contribution >= 4 is 16.7 Å². The van der Waals surface area contributed by atoms with Crippen molar-refractivity contribution in [1.82, 2.24) is 5.32 Å². The SMILES string of the molecule is COC(=O)C(c1cccc2ccccc12)C1CCCCN1. The average Bonchev–Trinajstić information content (AvgIpc) is 2.56. The Balaban J connectivity index is 2.07. The third-order valence-electron chi connectivity index (χ3n) is 4.36. The Morgan fingerprint density at radius 1 is 1.19 bits per heavy atom. The largest absolute Gasteiger partial charge is 0.469 e. The van der Waals surface area contributed by atoms with Crippen molar-refractivity contribution in [3.63, 3.8) is 0 Å². The Morgan fingerprint density at radius 2 is 2.00 bits per heavy atom. The predicted octanol–water partition coefficient (Wildman–Crippen LogP) is 3.24. The summed E-state index contributed by atoms with van der Waals surface area (Å²) in [5, 5.41) is 5.80. The van der Waals surface area contributed by atoms with Crippen LogP contribution in [-0.4, -0.2) is 25.7 Å². The van der Waals surface area contributed by atoms with Gasteiger partial charge in [0.05, 0.1) is 13.0 Å². The first-order chi connectivity index (χ1) is 10.3. The molecule has 2 unspecified atom stereocenters. The number of benzene rings is 2. The summed E-state index contributed by atoms with van der Waals surface area (Å²) in [7, 11) is 1.48. The molecule has 1 saturated heterocycles. The van der Waals surface area contributed by atoms with Crippen molar-refractivity contribution in [3.8, 4) is 0 Å². The molecule has 21 heavy (non-hydrogen) atoms. The molecule has 0 aliphatic carbocycles. The Labute approximate surface area is 125 Å². The highest BCUT2D eigenvalue weighted by molar-refractivity contribution is 5.91. The van der Waals surface area contributed by atoms with Gasteiger partial charge in [-0.15, -0.1) is 0 Å². The lowest BCUT2D eigenvalue weighted by molar-refractivity contribution is -0.143. The van der Waals surface area contributed by atoms with Gasteiger partial charge in [0, 0.05) is 6.04 Å². The molecule has 0 spiro atoms. The third kappa shape index (κ3) is 2.79. The molecule has 0 aromatic heterocycles. The molecule has 3 rings (SSSR count). The number of carbonyl (C=O) groups excluding carboxylic acids is 1. The normalized spacial score (nSPS) is 20.1. The molecule has 3 nitrogen and oxygen atoms in total. The number of ether oxygens (including phenoxy) is 1. The van der Waals surface area contributed by atoms with Crippen LogP contribution in [0.3, 0.4) is 0 Å². The first-order valence-corrected chi connectivity index (χ1v) is 7.60. The van der Waals surface area contributed by atoms with Gasteiger partial charge in [-0.25, -0.2) is 0 Å². The Kier molecular flexibility index (Phi) is 4.20. The summed E-state index contributed by atoms with van der Waals surface area (Å²) >= 11 is 0. The highest BCUT2D eigenvalue weighted by Gasteiger charge is 2.32. The van der Waals surface area contributed by atoms with Gasteiger partial charge < -0.3 is 10.1 Å². The molecule has 2 atom stereocenters. The van der Waals surface area contributed by atoms with Crippen LogP contribution in [-0.2, 0) is 9.53 Å². The van der Waals surface area contributed by atoms with Crippen LogP contribution in [0.15, 0.2) is 42.5 Å². The van der Waals surface area contributed by atoms with E-state index in [0.29, 0.717) is 0 Å². The lowest BCUT2D eigenvalue weighted by Gasteiger charge is -2.30. The molecule has 1 aliphatic heterocycles. The summed E-state index contributed by atoms with van der Waals surface area (Å²) in [6.45, 7) is 0.975. The second-order valence-corrected chi connectivity index (χ2v) is 5.63. The number of rotatable bonds is 3. The van der Waals surface area contributed by atoms with Crippen LogP contribution in [0.4, 0.5) is 0 Å². The van der Waals surface area contributed by atoms with E-state index in [0.717, 1.165) is 30.3 Å². The quantitative estimate of drug-likeness (QED) is 0.879. The van der Waals surface area contributed by atoms with Gasteiger partial charge in [-0.2, -0.15) is 0 Å². The molecule has 0 saturated carbocycles. The number of hydrogen-bond acceptors (Lipinski definition) is 3. The summed E-state index contributed by atoms with van der Waals surface area (Å²) in [6, 6.07) is 14.5. The van der Waals surface area contributed by atoms with Gasteiger partial charge in [-0.3, -0.25) is 4.79 Å². The fourth-order valence-corrected chi connectivity index (χ4v) is 3.32. The molecule has 1 aliphatic rings. The number of nitrogens with one attached hydrogen (secondary N) is 1. The molecule has 1 heterocycles. The minimum Gasteiger partial charge on any atom is -0.469 e. The van der Waals surface area contributed by atoms with E-state index in [9.17, 15) is 4.79 Å². The first kappa shape index (κ1) is 14.1. The zero-order chi connectivity index (χ0) is 14.7. The van der Waals surface area contributed by atoms with Crippen molar-refractivity contribution in [2.24, 2.45) is 0 Å². The van der Waals surface area contributed by atoms with Crippen LogP contribution in [0, 0.1) is 0 Å². The number of esters is 1. The molecule has 0 amide bonds. The van der Waals surface area contributed by atoms with Crippen LogP contribution < -0.4 is 5.32 Å². The standard InChI is InChI=1S/C18H21NO2/c1-21-18(20)17(16-11-4-5-12-19-16)15-10-6-8-13-7-2-3-9-14(13)15/h2-3,6-10,16-17,19H,4-5,11-12H2,1H3. The van der Waals surface area contributed by atoms with E-state index in [1.165, 1.54) is 18.9 Å². The number of fused-ring (bicyclic) bond motifs is 1. The molecule has 0 bridgehead atoms. The van der Waals surface area contributed by atoms with Crippen molar-refractivity contribution in [1.29, 1.82) is 0 Å². The topological polar surface area (TPSA) is 38.3 Å². The van der Waals surface area contributed by atoms with E-state index in [1.807, 2.05) is 18.2 Å². The molecule has 0 radical (unpaired) electrons. The maximum atomic E-state index is 12.4. The van der Waals surface area contributed by atoms with Crippen molar-refractivity contribution < 1.29 is 9.53 Å². The minimum atomic E-state index is -0.235. The van der Waals surface area contributed by atoms with E-state index < -0.39 is 0 Å². The molecular formula is C18H21NO2. The molecule has 1 N–H and O–H groups in total. The molecule has 3 heteroatoms. The maximum Gasteiger partial charge on any atom is 0.314 e. The number of carbonyl (C=O) groups is 1. The number of hydrogen-bond donors (Lipinski definition) is 1. The Morgan fingerprint density at radius 3 is 2.76 bits per heavy atom. The average molecular weight is 283 g/mol. The van der Waals surface area contributed by atoms with Crippen molar-refractivity contribution in [2.45, 2.75) is 31.2 Å². The molecule has 1 fully saturated rings. The van der Waals surface area contributed by atoms with Crippen molar-refractivity contribution in [2.75, 3.05) is 13.7 Å². The molecule has 2 aromatic carbocycles. The monoisotopic (exact) mass is 283 g/mol. The van der Waals surface area contributed by atoms with Crippen molar-refractivity contribution in [3.05, 3.63) is 48.0 Å². The fraction of sp³-hybridized carbons (Fsp3) is 0.389. The van der Waals surface area contributed by atoms with E-state index in [1.54, 1.807) is 0 Å². The second-order valence-electron chi connectivity index (χ2n) is 5.63. The molecular weight excluding hydrogens is 262 g/mol. The van der Waals surface area contributed by atoms with Gasteiger partial charge in [0.1, 0.15) is 0 Å². The van der Waals surface area contributed by atoms with Gasteiger partial charge in [0.2, 0.25) is 0 Å². The summed E-state index contributed by atoms with van der Waals surface area (Å²) in [4.78, 5) is 12.4. The van der Waals surface area contributed by atoms with E-state index in [2.05, 4.69) is 29.6 Å². The summed E-state index contributed by atoms with van der Waals surface area (Å²) in [6.07, 6.45) is 3.36. The lowest BCUT2D eigenvalue weighted by Crippen LogP contribution is -2.42. The smallest absolute Gasteiger partial charge is 0.314 e. The van der Waals surface area contributed by atoms with E-state index in [-0.39, 0.29) is 17.9 Å². The van der Waals surface area contributed by atoms with Crippen LogP contribution >= 0.6 is 0 Å². The Bertz CT molecular complexity index is 627. The number of piperidine rings is 1. The maximum absolute atomic E-state index is 12.4. The lowest BCUT2D eigenvalue weighted by atomic mass is 9.84. The van der Waals surface area contributed by atoms with Gasteiger partial charge in [0.25, 0.3) is 0 Å². The van der Waals surface area contributed by atoms with Crippen LogP contribution in [0.25, 0.3) is 10.8 Å². The first-order valence-electron chi connectivity index (χ1n) is 7.60. The second kappa shape index (κ2) is 6.27. The van der Waals surface area contributed by atoms with Crippen LogP contribution in [0.5, 0.6) is 0 Å². The zero-order valence-corrected chi connectivity index (χ0v) is 12.3. The zero-order valence-electron chi connectivity index (χ0n) is 12.3. The van der Waals surface area contributed by atoms with Crippen LogP contribution in [0.2, 0.25) is 0 Å². The highest BCUT2D eigenvalue weighted by Crippen LogP contribution is 2.31. The summed E-state index contributed by atoms with van der Waals surface area (Å²) < 4.78 is 5.09. The van der Waals surface area contributed by atoms with E-state index >= 15 is 0 Å². The third-order valence-corrected chi connectivity index (χ3v) is 4.36. The fourth-order valence-electron chi connectivity index (χ4n) is 3.32. The van der Waals surface area contributed by atoms with Gasteiger partial charge in [0.15, 0.2) is 0 Å². The van der Waals surface area contributed by atoms with Gasteiger partial charge >= 0.3 is 5.97 Å².